The number of nitrogens with zero attached hydrogens (tertiary/aromatic N) is 2. The van der Waals surface area contributed by atoms with Gasteiger partial charge in [0.1, 0.15) is 17.4 Å². The van der Waals surface area contributed by atoms with Gasteiger partial charge in [-0.2, -0.15) is 5.26 Å². The molecule has 1 aliphatic heterocycles. The molecule has 2 aromatic carbocycles. The molecule has 1 fully saturated rings. The first kappa shape index (κ1) is 23.8. The Morgan fingerprint density at radius 2 is 1.85 bits per heavy atom. The Hall–Kier alpha value is -3.83. The lowest BCUT2D eigenvalue weighted by molar-refractivity contribution is -0.136. The van der Waals surface area contributed by atoms with Crippen LogP contribution in [0, 0.1) is 11.3 Å². The molecule has 1 heterocycles. The van der Waals surface area contributed by atoms with Crippen molar-refractivity contribution < 1.29 is 28.5 Å². The highest BCUT2D eigenvalue weighted by Gasteiger charge is 2.21. The van der Waals surface area contributed by atoms with Crippen molar-refractivity contribution in [2.75, 3.05) is 40.0 Å². The van der Waals surface area contributed by atoms with Crippen molar-refractivity contribution in [3.63, 3.8) is 0 Å². The summed E-state index contributed by atoms with van der Waals surface area (Å²) in [4.78, 5) is 26.4. The highest BCUT2D eigenvalue weighted by Crippen LogP contribution is 2.29. The largest absolute Gasteiger partial charge is 0.493 e. The molecule has 172 valence electrons. The minimum atomic E-state index is -0.587. The first-order valence-corrected chi connectivity index (χ1v) is 10.6. The Morgan fingerprint density at radius 3 is 2.48 bits per heavy atom. The summed E-state index contributed by atoms with van der Waals surface area (Å²) in [7, 11) is 1.44. The van der Waals surface area contributed by atoms with E-state index in [1.54, 1.807) is 35.2 Å². The predicted octanol–water partition coefficient (Wildman–Crippen LogP) is 3.01. The molecule has 0 atom stereocenters. The van der Waals surface area contributed by atoms with Crippen LogP contribution in [0.2, 0.25) is 0 Å². The number of ether oxygens (including phenoxy) is 4. The van der Waals surface area contributed by atoms with Crippen molar-refractivity contribution >= 4 is 18.0 Å². The number of methoxy groups -OCH3 is 1. The molecule has 2 aromatic rings. The number of aryl methyl sites for hydroxylation is 1. The number of esters is 1. The minimum absolute atomic E-state index is 0.00573. The molecule has 1 saturated heterocycles. The van der Waals surface area contributed by atoms with Crippen LogP contribution in [0.1, 0.15) is 18.1 Å². The summed E-state index contributed by atoms with van der Waals surface area (Å²) in [6.07, 6.45) is 2.40. The number of carbonyl (C=O) groups is 2. The fourth-order valence-electron chi connectivity index (χ4n) is 3.22. The number of nitriles is 1. The van der Waals surface area contributed by atoms with Crippen LogP contribution < -0.4 is 14.2 Å². The monoisotopic (exact) mass is 450 g/mol. The smallest absolute Gasteiger partial charge is 0.349 e. The van der Waals surface area contributed by atoms with E-state index >= 15 is 0 Å². The summed E-state index contributed by atoms with van der Waals surface area (Å²) >= 11 is 0. The molecule has 0 spiro atoms. The highest BCUT2D eigenvalue weighted by atomic mass is 16.6. The minimum Gasteiger partial charge on any atom is -0.493 e. The lowest BCUT2D eigenvalue weighted by atomic mass is 10.1. The van der Waals surface area contributed by atoms with Gasteiger partial charge < -0.3 is 23.8 Å². The molecule has 0 radical (unpaired) electrons. The molecule has 0 unspecified atom stereocenters. The summed E-state index contributed by atoms with van der Waals surface area (Å²) in [6, 6.07) is 14.2. The van der Waals surface area contributed by atoms with Gasteiger partial charge in [-0.05, 0) is 47.9 Å². The second-order valence-electron chi connectivity index (χ2n) is 7.24. The molecule has 0 aromatic heterocycles. The van der Waals surface area contributed by atoms with Crippen LogP contribution in [0.15, 0.2) is 48.0 Å². The van der Waals surface area contributed by atoms with Gasteiger partial charge in [-0.3, -0.25) is 4.79 Å². The van der Waals surface area contributed by atoms with E-state index in [0.29, 0.717) is 43.4 Å². The Morgan fingerprint density at radius 1 is 1.12 bits per heavy atom. The summed E-state index contributed by atoms with van der Waals surface area (Å²) in [5.41, 5.74) is 1.75. The number of benzene rings is 2. The quantitative estimate of drug-likeness (QED) is 0.264. The molecule has 0 aliphatic carbocycles. The number of amides is 1. The van der Waals surface area contributed by atoms with Crippen molar-refractivity contribution in [3.8, 4) is 23.3 Å². The first-order chi connectivity index (χ1) is 16.0. The van der Waals surface area contributed by atoms with Gasteiger partial charge >= 0.3 is 5.97 Å². The van der Waals surface area contributed by atoms with Crippen LogP contribution in [-0.4, -0.2) is 56.8 Å². The van der Waals surface area contributed by atoms with E-state index in [4.69, 9.17) is 18.9 Å². The van der Waals surface area contributed by atoms with Crippen LogP contribution in [0.3, 0.4) is 0 Å². The number of hydrogen-bond acceptors (Lipinski definition) is 7. The molecule has 3 rings (SSSR count). The van der Waals surface area contributed by atoms with E-state index in [0.717, 1.165) is 6.42 Å². The Bertz CT molecular complexity index is 1050. The van der Waals surface area contributed by atoms with E-state index in [-0.39, 0.29) is 23.8 Å². The Labute approximate surface area is 192 Å². The van der Waals surface area contributed by atoms with Crippen molar-refractivity contribution in [1.29, 1.82) is 5.26 Å². The van der Waals surface area contributed by atoms with Crippen molar-refractivity contribution in [3.05, 3.63) is 59.2 Å². The van der Waals surface area contributed by atoms with Gasteiger partial charge in [0.25, 0.3) is 5.91 Å². The third-order valence-corrected chi connectivity index (χ3v) is 5.06. The molecule has 1 amide bonds. The van der Waals surface area contributed by atoms with Crippen LogP contribution >= 0.6 is 0 Å². The van der Waals surface area contributed by atoms with E-state index in [2.05, 4.69) is 6.92 Å². The zero-order valence-electron chi connectivity index (χ0n) is 18.7. The second kappa shape index (κ2) is 11.7. The lowest BCUT2D eigenvalue weighted by Gasteiger charge is -2.26. The number of morpholine rings is 1. The first-order valence-electron chi connectivity index (χ1n) is 10.6. The third-order valence-electron chi connectivity index (χ3n) is 5.06. The van der Waals surface area contributed by atoms with E-state index in [1.807, 2.05) is 18.2 Å². The Kier molecular flexibility index (Phi) is 8.44. The molecule has 0 saturated carbocycles. The molecule has 1 aliphatic rings. The molecular weight excluding hydrogens is 424 g/mol. The maximum Gasteiger partial charge on any atom is 0.349 e. The topological polar surface area (TPSA) is 98.1 Å². The average Bonchev–Trinajstić information content (AvgIpc) is 2.87. The lowest BCUT2D eigenvalue weighted by Crippen LogP contribution is -2.41. The van der Waals surface area contributed by atoms with Gasteiger partial charge in [0.2, 0.25) is 0 Å². The van der Waals surface area contributed by atoms with Crippen molar-refractivity contribution in [2.45, 2.75) is 13.3 Å². The van der Waals surface area contributed by atoms with Gasteiger partial charge in [0, 0.05) is 13.1 Å². The zero-order valence-corrected chi connectivity index (χ0v) is 18.7. The zero-order chi connectivity index (χ0) is 23.6. The van der Waals surface area contributed by atoms with Crippen molar-refractivity contribution in [1.82, 2.24) is 4.90 Å². The molecular formula is C25H26N2O6. The number of rotatable bonds is 8. The van der Waals surface area contributed by atoms with E-state index in [1.165, 1.54) is 18.7 Å². The van der Waals surface area contributed by atoms with Crippen LogP contribution in [0.5, 0.6) is 17.2 Å². The third kappa shape index (κ3) is 6.57. The fourth-order valence-corrected chi connectivity index (χ4v) is 3.22. The Balaban J connectivity index is 1.65. The van der Waals surface area contributed by atoms with Crippen LogP contribution in [-0.2, 0) is 20.7 Å². The van der Waals surface area contributed by atoms with Gasteiger partial charge in [0.05, 0.1) is 20.3 Å². The number of carbonyl (C=O) groups excluding carboxylic acids is 2. The second-order valence-corrected chi connectivity index (χ2v) is 7.24. The van der Waals surface area contributed by atoms with E-state index < -0.39 is 5.97 Å². The SMILES string of the molecule is CCc1ccc(OCC(=O)Oc2ccc(/C=C(\C#N)C(=O)N3CCOCC3)cc2OC)cc1. The normalized spacial score (nSPS) is 13.7. The van der Waals surface area contributed by atoms with Crippen LogP contribution in [0.4, 0.5) is 0 Å². The molecule has 8 nitrogen and oxygen atoms in total. The predicted molar refractivity (Wildman–Crippen MR) is 121 cm³/mol. The summed E-state index contributed by atoms with van der Waals surface area (Å²) < 4.78 is 21.4. The molecule has 0 N–H and O–H groups in total. The van der Waals surface area contributed by atoms with Gasteiger partial charge in [-0.15, -0.1) is 0 Å². The number of hydrogen-bond donors (Lipinski definition) is 0. The summed E-state index contributed by atoms with van der Waals surface area (Å²) in [5, 5.41) is 9.46. The van der Waals surface area contributed by atoms with E-state index in [9.17, 15) is 14.9 Å². The summed E-state index contributed by atoms with van der Waals surface area (Å²) in [6.45, 7) is 3.59. The maximum atomic E-state index is 12.6. The fraction of sp³-hybridized carbons (Fsp3) is 0.320. The van der Waals surface area contributed by atoms with Crippen LogP contribution in [0.25, 0.3) is 6.08 Å². The standard InChI is InChI=1S/C25H26N2O6/c1-3-18-4-7-21(8-5-18)32-17-24(28)33-22-9-6-19(15-23(22)30-2)14-20(16-26)25(29)27-10-12-31-13-11-27/h4-9,14-15H,3,10-13,17H2,1-2H3/b20-14+. The maximum absolute atomic E-state index is 12.6. The summed E-state index contributed by atoms with van der Waals surface area (Å²) in [5.74, 6) is 0.143. The highest BCUT2D eigenvalue weighted by molar-refractivity contribution is 6.01. The molecule has 33 heavy (non-hydrogen) atoms. The van der Waals surface area contributed by atoms with Gasteiger partial charge in [0.15, 0.2) is 18.1 Å². The van der Waals surface area contributed by atoms with Gasteiger partial charge in [-0.1, -0.05) is 25.1 Å². The molecule has 0 bridgehead atoms. The molecule has 8 heteroatoms. The van der Waals surface area contributed by atoms with Crippen molar-refractivity contribution in [2.24, 2.45) is 0 Å². The average molecular weight is 450 g/mol. The van der Waals surface area contributed by atoms with Gasteiger partial charge in [-0.25, -0.2) is 4.79 Å².